The summed E-state index contributed by atoms with van der Waals surface area (Å²) in [4.78, 5) is 29.2. The van der Waals surface area contributed by atoms with Gasteiger partial charge in [0.05, 0.1) is 16.7 Å². The van der Waals surface area contributed by atoms with Crippen LogP contribution in [-0.4, -0.2) is 57.0 Å². The largest absolute Gasteiger partial charge is 0.416 e. The van der Waals surface area contributed by atoms with Crippen molar-refractivity contribution in [1.82, 2.24) is 10.2 Å². The van der Waals surface area contributed by atoms with Gasteiger partial charge in [0.1, 0.15) is 0 Å². The number of benzene rings is 2. The highest BCUT2D eigenvalue weighted by molar-refractivity contribution is 6.06. The summed E-state index contributed by atoms with van der Waals surface area (Å²) in [5.74, 6) is -1.63. The van der Waals surface area contributed by atoms with Crippen molar-refractivity contribution in [2.24, 2.45) is 0 Å². The Balaban J connectivity index is 2.33. The van der Waals surface area contributed by atoms with E-state index in [2.05, 4.69) is 15.5 Å². The van der Waals surface area contributed by atoms with E-state index in [9.17, 15) is 35.9 Å². The van der Waals surface area contributed by atoms with Crippen LogP contribution in [0.15, 0.2) is 36.4 Å². The van der Waals surface area contributed by atoms with Crippen LogP contribution in [0.4, 0.5) is 37.7 Å². The van der Waals surface area contributed by atoms with Crippen molar-refractivity contribution in [1.29, 1.82) is 0 Å². The fourth-order valence-corrected chi connectivity index (χ4v) is 3.44. The van der Waals surface area contributed by atoms with Crippen LogP contribution in [0.5, 0.6) is 0 Å². The van der Waals surface area contributed by atoms with Gasteiger partial charge in [-0.05, 0) is 49.5 Å². The molecule has 0 fully saturated rings. The predicted molar refractivity (Wildman–Crippen MR) is 125 cm³/mol. The Kier molecular flexibility index (Phi) is 9.36. The monoisotopic (exact) mass is 518 g/mol. The molecule has 0 aromatic heterocycles. The topological polar surface area (TPSA) is 64.7 Å². The lowest BCUT2D eigenvalue weighted by Gasteiger charge is -2.20. The molecule has 198 valence electrons. The number of carbonyl (C=O) groups is 2. The van der Waals surface area contributed by atoms with E-state index < -0.39 is 40.9 Å². The molecule has 0 heterocycles. The van der Waals surface area contributed by atoms with Crippen molar-refractivity contribution in [3.63, 3.8) is 0 Å². The van der Waals surface area contributed by atoms with Gasteiger partial charge in [0, 0.05) is 44.1 Å². The molecule has 0 spiro atoms. The zero-order chi connectivity index (χ0) is 27.3. The van der Waals surface area contributed by atoms with E-state index in [1.165, 1.54) is 18.2 Å². The van der Waals surface area contributed by atoms with Crippen LogP contribution < -0.4 is 15.5 Å². The molecular weight excluding hydrogens is 490 g/mol. The first kappa shape index (κ1) is 29.0. The Labute approximate surface area is 205 Å². The number of nitrogens with zero attached hydrogens (tertiary/aromatic N) is 2. The molecule has 2 aromatic rings. The molecule has 0 unspecified atom stereocenters. The number of amides is 2. The minimum atomic E-state index is -5.08. The van der Waals surface area contributed by atoms with E-state index in [-0.39, 0.29) is 17.3 Å². The third kappa shape index (κ3) is 7.61. The number of halogens is 6. The van der Waals surface area contributed by atoms with Crippen molar-refractivity contribution in [2.75, 3.05) is 50.5 Å². The van der Waals surface area contributed by atoms with Crippen molar-refractivity contribution < 1.29 is 35.9 Å². The van der Waals surface area contributed by atoms with Crippen LogP contribution in [-0.2, 0) is 12.4 Å². The van der Waals surface area contributed by atoms with E-state index in [1.54, 1.807) is 19.0 Å². The number of anilines is 2. The number of hydrogen-bond acceptors (Lipinski definition) is 4. The summed E-state index contributed by atoms with van der Waals surface area (Å²) in [6.45, 7) is 6.57. The summed E-state index contributed by atoms with van der Waals surface area (Å²) in [6, 6.07) is 4.88. The van der Waals surface area contributed by atoms with Crippen LogP contribution in [0.3, 0.4) is 0 Å². The van der Waals surface area contributed by atoms with Crippen molar-refractivity contribution in [3.8, 4) is 0 Å². The highest BCUT2D eigenvalue weighted by Gasteiger charge is 2.37. The highest BCUT2D eigenvalue weighted by atomic mass is 19.4. The van der Waals surface area contributed by atoms with Gasteiger partial charge < -0.3 is 20.4 Å². The van der Waals surface area contributed by atoms with Gasteiger partial charge in [-0.3, -0.25) is 9.59 Å². The minimum absolute atomic E-state index is 0.0328. The van der Waals surface area contributed by atoms with Crippen LogP contribution in [0.2, 0.25) is 0 Å². The first-order valence-corrected chi connectivity index (χ1v) is 11.1. The van der Waals surface area contributed by atoms with Crippen LogP contribution in [0.25, 0.3) is 0 Å². The first-order valence-electron chi connectivity index (χ1n) is 11.1. The summed E-state index contributed by atoms with van der Waals surface area (Å²) in [5.41, 5.74) is -3.30. The quantitative estimate of drug-likeness (QED) is 0.453. The molecule has 2 amide bonds. The van der Waals surface area contributed by atoms with E-state index >= 15 is 0 Å². The normalized spacial score (nSPS) is 12.0. The third-order valence-corrected chi connectivity index (χ3v) is 5.44. The summed E-state index contributed by atoms with van der Waals surface area (Å²) >= 11 is 0. The lowest BCUT2D eigenvalue weighted by atomic mass is 10.0. The van der Waals surface area contributed by atoms with E-state index in [0.717, 1.165) is 13.1 Å². The molecule has 0 aliphatic rings. The molecule has 0 atom stereocenters. The molecule has 12 heteroatoms. The summed E-state index contributed by atoms with van der Waals surface area (Å²) in [7, 11) is 3.39. The highest BCUT2D eigenvalue weighted by Crippen LogP contribution is 2.36. The van der Waals surface area contributed by atoms with E-state index in [4.69, 9.17) is 0 Å². The van der Waals surface area contributed by atoms with Gasteiger partial charge >= 0.3 is 12.4 Å². The average molecular weight is 519 g/mol. The van der Waals surface area contributed by atoms with Crippen molar-refractivity contribution >= 4 is 23.2 Å². The van der Waals surface area contributed by atoms with Crippen molar-refractivity contribution in [2.45, 2.75) is 26.2 Å². The molecule has 0 saturated carbocycles. The molecule has 0 saturated heterocycles. The van der Waals surface area contributed by atoms with Gasteiger partial charge in [-0.25, -0.2) is 0 Å². The maximum Gasteiger partial charge on any atom is 0.416 e. The lowest BCUT2D eigenvalue weighted by molar-refractivity contribution is -0.143. The molecule has 0 aliphatic heterocycles. The molecular formula is C24H28F6N4O2. The zero-order valence-electron chi connectivity index (χ0n) is 20.3. The first-order chi connectivity index (χ1) is 16.7. The molecule has 2 N–H and O–H groups in total. The zero-order valence-corrected chi connectivity index (χ0v) is 20.3. The number of carbonyl (C=O) groups excluding carboxylic acids is 2. The molecule has 0 bridgehead atoms. The standard InChI is InChI=1S/C24H28F6N4O2/c1-5-34(6-2)10-9-31-22(36)19-14-18(7-8-20(19)33(3)4)32-21(35)15-11-16(23(25,26)27)13-17(12-15)24(28,29)30/h7-8,11-14H,5-6,9-10H2,1-4H3,(H,31,36)(H,32,35). The maximum absolute atomic E-state index is 13.1. The average Bonchev–Trinajstić information content (AvgIpc) is 2.80. The second kappa shape index (κ2) is 11.6. The number of alkyl halides is 6. The van der Waals surface area contributed by atoms with E-state index in [0.29, 0.717) is 30.9 Å². The van der Waals surface area contributed by atoms with Gasteiger partial charge in [-0.1, -0.05) is 13.8 Å². The Morgan fingerprint density at radius 2 is 1.39 bits per heavy atom. The summed E-state index contributed by atoms with van der Waals surface area (Å²) in [6.07, 6.45) is -10.2. The van der Waals surface area contributed by atoms with Gasteiger partial charge in [0.25, 0.3) is 11.8 Å². The maximum atomic E-state index is 13.1. The van der Waals surface area contributed by atoms with Crippen molar-refractivity contribution in [3.05, 3.63) is 58.7 Å². The Morgan fingerprint density at radius 1 is 0.833 bits per heavy atom. The molecule has 2 aromatic carbocycles. The molecule has 2 rings (SSSR count). The van der Waals surface area contributed by atoms with Gasteiger partial charge in [0.15, 0.2) is 0 Å². The van der Waals surface area contributed by atoms with Crippen LogP contribution in [0, 0.1) is 0 Å². The predicted octanol–water partition coefficient (Wildman–Crippen LogP) is 5.11. The second-order valence-electron chi connectivity index (χ2n) is 8.16. The van der Waals surface area contributed by atoms with Gasteiger partial charge in [0.2, 0.25) is 0 Å². The fraction of sp³-hybridized carbons (Fsp3) is 0.417. The van der Waals surface area contributed by atoms with E-state index in [1.807, 2.05) is 13.8 Å². The Hall–Kier alpha value is -3.28. The molecule has 0 radical (unpaired) electrons. The smallest absolute Gasteiger partial charge is 0.377 e. The Bertz CT molecular complexity index is 1050. The van der Waals surface area contributed by atoms with Gasteiger partial charge in [-0.15, -0.1) is 0 Å². The molecule has 36 heavy (non-hydrogen) atoms. The number of rotatable bonds is 9. The number of likely N-dealkylation sites (N-methyl/N-ethyl adjacent to an activating group) is 1. The van der Waals surface area contributed by atoms with Crippen LogP contribution >= 0.6 is 0 Å². The number of hydrogen-bond donors (Lipinski definition) is 2. The number of nitrogens with one attached hydrogen (secondary N) is 2. The van der Waals surface area contributed by atoms with Gasteiger partial charge in [-0.2, -0.15) is 26.3 Å². The summed E-state index contributed by atoms with van der Waals surface area (Å²) in [5, 5.41) is 5.07. The third-order valence-electron chi connectivity index (χ3n) is 5.44. The summed E-state index contributed by atoms with van der Waals surface area (Å²) < 4.78 is 78.8. The Morgan fingerprint density at radius 3 is 1.86 bits per heavy atom. The van der Waals surface area contributed by atoms with Crippen LogP contribution in [0.1, 0.15) is 45.7 Å². The molecule has 6 nitrogen and oxygen atoms in total. The fourth-order valence-electron chi connectivity index (χ4n) is 3.44. The molecule has 0 aliphatic carbocycles. The minimum Gasteiger partial charge on any atom is -0.377 e. The second-order valence-corrected chi connectivity index (χ2v) is 8.16. The SMILES string of the molecule is CCN(CC)CCNC(=O)c1cc(NC(=O)c2cc(C(F)(F)F)cc(C(F)(F)F)c2)ccc1N(C)C. The lowest BCUT2D eigenvalue weighted by Crippen LogP contribution is -2.35.